The number of ether oxygens (including phenoxy) is 1. The third-order valence-electron chi connectivity index (χ3n) is 2.91. The Labute approximate surface area is 100 Å². The SMILES string of the molecule is CCC1Oc2ccc(C=O)cc2N(CC)C1=O. The standard InChI is InChI=1S/C13H15NO3/c1-3-11-13(16)14(4-2)10-7-9(8-15)5-6-12(10)17-11/h5-8,11H,3-4H2,1-2H3. The second-order valence-corrected chi connectivity index (χ2v) is 3.94. The summed E-state index contributed by atoms with van der Waals surface area (Å²) in [5.74, 6) is 0.634. The Kier molecular flexibility index (Phi) is 3.13. The Morgan fingerprint density at radius 2 is 2.18 bits per heavy atom. The van der Waals surface area contributed by atoms with Crippen LogP contribution in [0.2, 0.25) is 0 Å². The molecule has 0 spiro atoms. The molecule has 0 aliphatic carbocycles. The molecule has 4 nitrogen and oxygen atoms in total. The van der Waals surface area contributed by atoms with Crippen molar-refractivity contribution in [2.24, 2.45) is 0 Å². The summed E-state index contributed by atoms with van der Waals surface area (Å²) >= 11 is 0. The van der Waals surface area contributed by atoms with Gasteiger partial charge in [-0.05, 0) is 31.5 Å². The number of rotatable bonds is 3. The van der Waals surface area contributed by atoms with Gasteiger partial charge in [-0.3, -0.25) is 9.59 Å². The molecule has 1 aliphatic rings. The normalized spacial score (nSPS) is 18.6. The molecular formula is C13H15NO3. The second-order valence-electron chi connectivity index (χ2n) is 3.94. The Balaban J connectivity index is 2.48. The van der Waals surface area contributed by atoms with Crippen molar-refractivity contribution >= 4 is 17.9 Å². The number of carbonyl (C=O) groups excluding carboxylic acids is 2. The van der Waals surface area contributed by atoms with Gasteiger partial charge in [0.15, 0.2) is 6.10 Å². The third kappa shape index (κ3) is 1.90. The third-order valence-corrected chi connectivity index (χ3v) is 2.91. The van der Waals surface area contributed by atoms with E-state index in [1.165, 1.54) is 0 Å². The average molecular weight is 233 g/mol. The number of anilines is 1. The molecule has 1 unspecified atom stereocenters. The van der Waals surface area contributed by atoms with Crippen LogP contribution in [0.25, 0.3) is 0 Å². The molecular weight excluding hydrogens is 218 g/mol. The zero-order valence-electron chi connectivity index (χ0n) is 9.97. The van der Waals surface area contributed by atoms with Crippen LogP contribution < -0.4 is 9.64 Å². The minimum atomic E-state index is -0.412. The van der Waals surface area contributed by atoms with Crippen molar-refractivity contribution in [2.45, 2.75) is 26.4 Å². The van der Waals surface area contributed by atoms with Gasteiger partial charge in [-0.25, -0.2) is 0 Å². The van der Waals surface area contributed by atoms with Gasteiger partial charge < -0.3 is 9.64 Å². The van der Waals surface area contributed by atoms with E-state index in [-0.39, 0.29) is 5.91 Å². The molecule has 0 saturated heterocycles. The summed E-state index contributed by atoms with van der Waals surface area (Å²) in [6, 6.07) is 5.13. The van der Waals surface area contributed by atoms with Crippen molar-refractivity contribution in [1.29, 1.82) is 0 Å². The topological polar surface area (TPSA) is 46.6 Å². The number of hydrogen-bond donors (Lipinski definition) is 0. The largest absolute Gasteiger partial charge is 0.478 e. The molecule has 0 aromatic heterocycles. The van der Waals surface area contributed by atoms with E-state index in [4.69, 9.17) is 4.74 Å². The second kappa shape index (κ2) is 4.57. The number of hydrogen-bond acceptors (Lipinski definition) is 3. The summed E-state index contributed by atoms with van der Waals surface area (Å²) < 4.78 is 5.62. The molecule has 17 heavy (non-hydrogen) atoms. The number of aldehydes is 1. The van der Waals surface area contributed by atoms with Gasteiger partial charge in [-0.15, -0.1) is 0 Å². The minimum absolute atomic E-state index is 0.0365. The first kappa shape index (κ1) is 11.6. The van der Waals surface area contributed by atoms with Crippen LogP contribution in [0.4, 0.5) is 5.69 Å². The number of benzene rings is 1. The molecule has 0 radical (unpaired) electrons. The molecule has 2 rings (SSSR count). The lowest BCUT2D eigenvalue weighted by Crippen LogP contribution is -2.45. The summed E-state index contributed by atoms with van der Waals surface area (Å²) in [4.78, 5) is 24.5. The van der Waals surface area contributed by atoms with Gasteiger partial charge in [0, 0.05) is 12.1 Å². The van der Waals surface area contributed by atoms with Gasteiger partial charge in [0.05, 0.1) is 5.69 Å². The fourth-order valence-electron chi connectivity index (χ4n) is 2.00. The van der Waals surface area contributed by atoms with Gasteiger partial charge in [0.2, 0.25) is 0 Å². The lowest BCUT2D eigenvalue weighted by atomic mass is 10.1. The van der Waals surface area contributed by atoms with Crippen molar-refractivity contribution in [2.75, 3.05) is 11.4 Å². The zero-order chi connectivity index (χ0) is 12.4. The van der Waals surface area contributed by atoms with Gasteiger partial charge >= 0.3 is 0 Å². The summed E-state index contributed by atoms with van der Waals surface area (Å²) in [5.41, 5.74) is 1.24. The minimum Gasteiger partial charge on any atom is -0.478 e. The van der Waals surface area contributed by atoms with Crippen LogP contribution >= 0.6 is 0 Å². The molecule has 1 amide bonds. The molecule has 1 aliphatic heterocycles. The van der Waals surface area contributed by atoms with E-state index in [0.29, 0.717) is 30.0 Å². The molecule has 0 N–H and O–H groups in total. The van der Waals surface area contributed by atoms with E-state index >= 15 is 0 Å². The van der Waals surface area contributed by atoms with Gasteiger partial charge in [-0.2, -0.15) is 0 Å². The van der Waals surface area contributed by atoms with E-state index in [2.05, 4.69) is 0 Å². The summed E-state index contributed by atoms with van der Waals surface area (Å²) in [6.45, 7) is 4.41. The Morgan fingerprint density at radius 3 is 2.76 bits per heavy atom. The van der Waals surface area contributed by atoms with Gasteiger partial charge in [0.1, 0.15) is 12.0 Å². The highest BCUT2D eigenvalue weighted by Gasteiger charge is 2.32. The smallest absolute Gasteiger partial charge is 0.268 e. The first-order chi connectivity index (χ1) is 8.21. The molecule has 90 valence electrons. The van der Waals surface area contributed by atoms with Crippen molar-refractivity contribution in [1.82, 2.24) is 0 Å². The van der Waals surface area contributed by atoms with Crippen molar-refractivity contribution in [3.8, 4) is 5.75 Å². The van der Waals surface area contributed by atoms with Gasteiger partial charge in [-0.1, -0.05) is 6.92 Å². The lowest BCUT2D eigenvalue weighted by molar-refractivity contribution is -0.126. The van der Waals surface area contributed by atoms with Crippen LogP contribution in [0.15, 0.2) is 18.2 Å². The molecule has 0 fully saturated rings. The molecule has 1 atom stereocenters. The summed E-state index contributed by atoms with van der Waals surface area (Å²) in [6.07, 6.45) is 0.999. The maximum atomic E-state index is 12.1. The fourth-order valence-corrected chi connectivity index (χ4v) is 2.00. The first-order valence-corrected chi connectivity index (χ1v) is 5.78. The van der Waals surface area contributed by atoms with Crippen LogP contribution in [0.5, 0.6) is 5.75 Å². The highest BCUT2D eigenvalue weighted by atomic mass is 16.5. The number of carbonyl (C=O) groups is 2. The molecule has 1 heterocycles. The van der Waals surface area contributed by atoms with Crippen LogP contribution in [0.3, 0.4) is 0 Å². The highest BCUT2D eigenvalue weighted by Crippen LogP contribution is 2.35. The first-order valence-electron chi connectivity index (χ1n) is 5.78. The van der Waals surface area contributed by atoms with Crippen LogP contribution in [0.1, 0.15) is 30.6 Å². The lowest BCUT2D eigenvalue weighted by Gasteiger charge is -2.33. The Hall–Kier alpha value is -1.84. The van der Waals surface area contributed by atoms with Gasteiger partial charge in [0.25, 0.3) is 5.91 Å². The number of likely N-dealkylation sites (N-methyl/N-ethyl adjacent to an activating group) is 1. The molecule has 0 saturated carbocycles. The fraction of sp³-hybridized carbons (Fsp3) is 0.385. The van der Waals surface area contributed by atoms with E-state index in [9.17, 15) is 9.59 Å². The van der Waals surface area contributed by atoms with Crippen molar-refractivity contribution in [3.05, 3.63) is 23.8 Å². The van der Waals surface area contributed by atoms with Crippen molar-refractivity contribution in [3.63, 3.8) is 0 Å². The predicted molar refractivity (Wildman–Crippen MR) is 64.6 cm³/mol. The van der Waals surface area contributed by atoms with E-state index in [1.54, 1.807) is 23.1 Å². The Bertz CT molecular complexity index is 456. The maximum absolute atomic E-state index is 12.1. The number of nitrogens with zero attached hydrogens (tertiary/aromatic N) is 1. The predicted octanol–water partition coefficient (Wildman–Crippen LogP) is 2.02. The monoisotopic (exact) mass is 233 g/mol. The zero-order valence-corrected chi connectivity index (χ0v) is 9.97. The maximum Gasteiger partial charge on any atom is 0.268 e. The van der Waals surface area contributed by atoms with Crippen molar-refractivity contribution < 1.29 is 14.3 Å². The molecule has 4 heteroatoms. The molecule has 0 bridgehead atoms. The summed E-state index contributed by atoms with van der Waals surface area (Å²) in [7, 11) is 0. The summed E-state index contributed by atoms with van der Waals surface area (Å²) in [5, 5.41) is 0. The molecule has 1 aromatic carbocycles. The highest BCUT2D eigenvalue weighted by molar-refractivity contribution is 6.00. The van der Waals surface area contributed by atoms with Crippen LogP contribution in [-0.4, -0.2) is 24.8 Å². The van der Waals surface area contributed by atoms with Crippen LogP contribution in [-0.2, 0) is 4.79 Å². The quantitative estimate of drug-likeness (QED) is 0.750. The van der Waals surface area contributed by atoms with E-state index < -0.39 is 6.10 Å². The van der Waals surface area contributed by atoms with E-state index in [0.717, 1.165) is 6.29 Å². The average Bonchev–Trinajstić information content (AvgIpc) is 2.37. The Morgan fingerprint density at radius 1 is 1.41 bits per heavy atom. The number of fused-ring (bicyclic) bond motifs is 1. The van der Waals surface area contributed by atoms with Crippen LogP contribution in [0, 0.1) is 0 Å². The molecule has 1 aromatic rings. The van der Waals surface area contributed by atoms with E-state index in [1.807, 2.05) is 13.8 Å². The number of amides is 1.